The number of carboxylic acid groups (broad SMARTS) is 1. The molecule has 2 nitrogen and oxygen atoms in total. The maximum Gasteiger partial charge on any atom is 0.446 e. The minimum absolute atomic E-state index is 0.0319. The third kappa shape index (κ3) is 4.95. The van der Waals surface area contributed by atoms with Gasteiger partial charge in [0.15, 0.2) is 0 Å². The van der Waals surface area contributed by atoms with Crippen molar-refractivity contribution in [3.05, 3.63) is 35.4 Å². The van der Waals surface area contributed by atoms with Crippen LogP contribution < -0.4 is 0 Å². The van der Waals surface area contributed by atoms with Gasteiger partial charge in [-0.1, -0.05) is 12.1 Å². The average molecular weight is 262 g/mol. The zero-order chi connectivity index (χ0) is 13.1. The standard InChI is InChI=1S/C11H9F3O2S/c1-7(10(15)16)5-8-3-2-4-9(6-8)17-11(12,13)14/h2-6H,1H3,(H,15,16)/b7-5+. The molecule has 17 heavy (non-hydrogen) atoms. The lowest BCUT2D eigenvalue weighted by Crippen LogP contribution is -1.99. The number of aliphatic carboxylic acids is 1. The SMILES string of the molecule is C/C(=C\c1cccc(SC(F)(F)F)c1)C(=O)O. The fourth-order valence-electron chi connectivity index (χ4n) is 1.11. The highest BCUT2D eigenvalue weighted by Crippen LogP contribution is 2.37. The van der Waals surface area contributed by atoms with E-state index in [0.29, 0.717) is 5.56 Å². The number of alkyl halides is 3. The van der Waals surface area contributed by atoms with E-state index in [4.69, 9.17) is 5.11 Å². The highest BCUT2D eigenvalue weighted by molar-refractivity contribution is 8.00. The van der Waals surface area contributed by atoms with Gasteiger partial charge in [-0.25, -0.2) is 4.79 Å². The second kappa shape index (κ2) is 5.27. The molecule has 1 aromatic carbocycles. The van der Waals surface area contributed by atoms with Gasteiger partial charge in [0, 0.05) is 10.5 Å². The molecular weight excluding hydrogens is 253 g/mol. The van der Waals surface area contributed by atoms with E-state index < -0.39 is 11.5 Å². The summed E-state index contributed by atoms with van der Waals surface area (Å²) in [5.41, 5.74) is -3.84. The van der Waals surface area contributed by atoms with Gasteiger partial charge in [0.05, 0.1) is 0 Å². The van der Waals surface area contributed by atoms with E-state index >= 15 is 0 Å². The Labute approximate surface area is 100 Å². The highest BCUT2D eigenvalue weighted by Gasteiger charge is 2.29. The minimum Gasteiger partial charge on any atom is -0.478 e. The Balaban J connectivity index is 2.94. The van der Waals surface area contributed by atoms with Gasteiger partial charge in [0.25, 0.3) is 0 Å². The lowest BCUT2D eigenvalue weighted by atomic mass is 10.1. The topological polar surface area (TPSA) is 37.3 Å². The Kier molecular flexibility index (Phi) is 4.22. The van der Waals surface area contributed by atoms with Crippen LogP contribution in [0.3, 0.4) is 0 Å². The predicted octanol–water partition coefficient (Wildman–Crippen LogP) is 3.79. The molecule has 0 aromatic heterocycles. The Bertz CT molecular complexity index is 452. The van der Waals surface area contributed by atoms with E-state index in [-0.39, 0.29) is 22.2 Å². The van der Waals surface area contributed by atoms with E-state index in [1.54, 1.807) is 6.07 Å². The number of thioether (sulfide) groups is 1. The molecule has 0 aliphatic carbocycles. The summed E-state index contributed by atoms with van der Waals surface area (Å²) in [5.74, 6) is -1.10. The first-order valence-electron chi connectivity index (χ1n) is 4.55. The lowest BCUT2D eigenvalue weighted by Gasteiger charge is -2.06. The van der Waals surface area contributed by atoms with Crippen molar-refractivity contribution in [3.8, 4) is 0 Å². The lowest BCUT2D eigenvalue weighted by molar-refractivity contribution is -0.132. The first-order chi connectivity index (χ1) is 7.78. The Morgan fingerprint density at radius 3 is 2.59 bits per heavy atom. The Morgan fingerprint density at radius 2 is 2.06 bits per heavy atom. The molecule has 1 rings (SSSR count). The molecule has 0 saturated carbocycles. The third-order valence-electron chi connectivity index (χ3n) is 1.81. The molecule has 0 atom stereocenters. The molecule has 0 bridgehead atoms. The summed E-state index contributed by atoms with van der Waals surface area (Å²) in [6.45, 7) is 1.38. The van der Waals surface area contributed by atoms with Crippen LogP contribution >= 0.6 is 11.8 Å². The van der Waals surface area contributed by atoms with Crippen LogP contribution in [0.15, 0.2) is 34.7 Å². The molecule has 0 unspecified atom stereocenters. The van der Waals surface area contributed by atoms with E-state index in [1.807, 2.05) is 0 Å². The van der Waals surface area contributed by atoms with Gasteiger partial charge >= 0.3 is 11.5 Å². The van der Waals surface area contributed by atoms with E-state index in [2.05, 4.69) is 0 Å². The highest BCUT2D eigenvalue weighted by atomic mass is 32.2. The summed E-state index contributed by atoms with van der Waals surface area (Å²) in [6, 6.07) is 5.62. The maximum absolute atomic E-state index is 12.1. The second-order valence-electron chi connectivity index (χ2n) is 3.25. The summed E-state index contributed by atoms with van der Waals surface area (Å²) in [6.07, 6.45) is 1.32. The molecule has 0 radical (unpaired) electrons. The first-order valence-corrected chi connectivity index (χ1v) is 5.37. The van der Waals surface area contributed by atoms with Crippen LogP contribution in [0.2, 0.25) is 0 Å². The van der Waals surface area contributed by atoms with Crippen molar-refractivity contribution in [1.82, 2.24) is 0 Å². The molecule has 6 heteroatoms. The number of carboxylic acids is 1. The van der Waals surface area contributed by atoms with Crippen molar-refractivity contribution >= 4 is 23.8 Å². The van der Waals surface area contributed by atoms with Gasteiger partial charge in [0.1, 0.15) is 0 Å². The molecule has 1 aromatic rings. The molecule has 0 aliphatic heterocycles. The average Bonchev–Trinajstić information content (AvgIpc) is 2.15. The van der Waals surface area contributed by atoms with Gasteiger partial charge < -0.3 is 5.11 Å². The molecule has 0 heterocycles. The number of hydrogen-bond acceptors (Lipinski definition) is 2. The number of hydrogen-bond donors (Lipinski definition) is 1. The van der Waals surface area contributed by atoms with Crippen molar-refractivity contribution in [2.75, 3.05) is 0 Å². The molecule has 0 amide bonds. The summed E-state index contributed by atoms with van der Waals surface area (Å²) in [5, 5.41) is 8.65. The molecule has 0 fully saturated rings. The molecular formula is C11H9F3O2S. The molecule has 92 valence electrons. The minimum atomic E-state index is -4.34. The molecule has 0 spiro atoms. The zero-order valence-electron chi connectivity index (χ0n) is 8.78. The quantitative estimate of drug-likeness (QED) is 0.665. The normalized spacial score (nSPS) is 12.6. The van der Waals surface area contributed by atoms with Crippen molar-refractivity contribution < 1.29 is 23.1 Å². The summed E-state index contributed by atoms with van der Waals surface area (Å²) < 4.78 is 36.4. The van der Waals surface area contributed by atoms with Crippen LogP contribution in [-0.2, 0) is 4.79 Å². The summed E-state index contributed by atoms with van der Waals surface area (Å²) in [7, 11) is 0. The predicted molar refractivity (Wildman–Crippen MR) is 59.6 cm³/mol. The van der Waals surface area contributed by atoms with Crippen molar-refractivity contribution in [2.24, 2.45) is 0 Å². The van der Waals surface area contributed by atoms with E-state index in [0.717, 1.165) is 0 Å². The maximum atomic E-state index is 12.1. The van der Waals surface area contributed by atoms with Crippen LogP contribution in [0.25, 0.3) is 6.08 Å². The van der Waals surface area contributed by atoms with Crippen molar-refractivity contribution in [2.45, 2.75) is 17.3 Å². The smallest absolute Gasteiger partial charge is 0.446 e. The molecule has 1 N–H and O–H groups in total. The monoisotopic (exact) mass is 262 g/mol. The van der Waals surface area contributed by atoms with Crippen LogP contribution in [-0.4, -0.2) is 16.6 Å². The summed E-state index contributed by atoms with van der Waals surface area (Å²) in [4.78, 5) is 10.6. The third-order valence-corrected chi connectivity index (χ3v) is 2.53. The van der Waals surface area contributed by atoms with Gasteiger partial charge in [-0.15, -0.1) is 0 Å². The summed E-state index contributed by atoms with van der Waals surface area (Å²) >= 11 is -0.226. The van der Waals surface area contributed by atoms with E-state index in [9.17, 15) is 18.0 Å². The van der Waals surface area contributed by atoms with Crippen LogP contribution in [0.5, 0.6) is 0 Å². The van der Waals surface area contributed by atoms with Crippen LogP contribution in [0.1, 0.15) is 12.5 Å². The van der Waals surface area contributed by atoms with Crippen molar-refractivity contribution in [1.29, 1.82) is 0 Å². The number of rotatable bonds is 3. The fourth-order valence-corrected chi connectivity index (χ4v) is 1.72. The van der Waals surface area contributed by atoms with Gasteiger partial charge in [0.2, 0.25) is 0 Å². The van der Waals surface area contributed by atoms with Gasteiger partial charge in [-0.3, -0.25) is 0 Å². The number of benzene rings is 1. The Hall–Kier alpha value is -1.43. The van der Waals surface area contributed by atoms with Crippen LogP contribution in [0.4, 0.5) is 13.2 Å². The van der Waals surface area contributed by atoms with Gasteiger partial charge in [-0.05, 0) is 42.5 Å². The molecule has 0 aliphatic rings. The molecule has 0 saturated heterocycles. The zero-order valence-corrected chi connectivity index (χ0v) is 9.60. The van der Waals surface area contributed by atoms with Crippen molar-refractivity contribution in [3.63, 3.8) is 0 Å². The largest absolute Gasteiger partial charge is 0.478 e. The van der Waals surface area contributed by atoms with Crippen LogP contribution in [0, 0.1) is 0 Å². The first kappa shape index (κ1) is 13.6. The number of halogens is 3. The second-order valence-corrected chi connectivity index (χ2v) is 4.39. The Morgan fingerprint density at radius 1 is 1.41 bits per heavy atom. The van der Waals surface area contributed by atoms with Gasteiger partial charge in [-0.2, -0.15) is 13.2 Å². The fraction of sp³-hybridized carbons (Fsp3) is 0.182. The van der Waals surface area contributed by atoms with E-state index in [1.165, 1.54) is 31.2 Å². The number of carbonyl (C=O) groups is 1.